The Morgan fingerprint density at radius 1 is 1.47 bits per heavy atom. The predicted octanol–water partition coefficient (Wildman–Crippen LogP) is 4.11. The molecule has 0 fully saturated rings. The van der Waals surface area contributed by atoms with Gasteiger partial charge in [0.2, 0.25) is 0 Å². The van der Waals surface area contributed by atoms with Gasteiger partial charge in [0.05, 0.1) is 12.8 Å². The molecule has 1 aromatic carbocycles. The normalized spacial score (nSPS) is 10.5. The van der Waals surface area contributed by atoms with Gasteiger partial charge in [-0.3, -0.25) is 0 Å². The first-order valence-corrected chi connectivity index (χ1v) is 7.44. The third-order valence-corrected chi connectivity index (χ3v) is 4.63. The Hall–Kier alpha value is -1.33. The van der Waals surface area contributed by atoms with Crippen LogP contribution in [0.15, 0.2) is 28.7 Å². The van der Waals surface area contributed by atoms with Crippen molar-refractivity contribution in [1.29, 1.82) is 0 Å². The molecule has 0 spiro atoms. The number of carbonyl (C=O) groups is 1. The van der Waals surface area contributed by atoms with Crippen LogP contribution < -0.4 is 5.73 Å². The molecule has 2 rings (SSSR count). The SMILES string of the molecule is CCc1c(-c2cccc(Br)c2)sc(C(=O)OC)c1N. The molecule has 0 aliphatic heterocycles. The van der Waals surface area contributed by atoms with Crippen molar-refractivity contribution in [1.82, 2.24) is 0 Å². The smallest absolute Gasteiger partial charge is 0.350 e. The highest BCUT2D eigenvalue weighted by Gasteiger charge is 2.21. The Labute approximate surface area is 124 Å². The van der Waals surface area contributed by atoms with Crippen molar-refractivity contribution in [3.8, 4) is 10.4 Å². The summed E-state index contributed by atoms with van der Waals surface area (Å²) in [7, 11) is 1.37. The molecule has 0 amide bonds. The summed E-state index contributed by atoms with van der Waals surface area (Å²) >= 11 is 4.84. The number of carbonyl (C=O) groups excluding carboxylic acids is 1. The van der Waals surface area contributed by atoms with Crippen LogP contribution >= 0.6 is 27.3 Å². The van der Waals surface area contributed by atoms with Gasteiger partial charge in [0.25, 0.3) is 0 Å². The minimum absolute atomic E-state index is 0.376. The van der Waals surface area contributed by atoms with Crippen molar-refractivity contribution >= 4 is 38.9 Å². The van der Waals surface area contributed by atoms with Crippen LogP contribution in [0.5, 0.6) is 0 Å². The van der Waals surface area contributed by atoms with Crippen LogP contribution in [0.2, 0.25) is 0 Å². The van der Waals surface area contributed by atoms with Crippen molar-refractivity contribution in [2.45, 2.75) is 13.3 Å². The van der Waals surface area contributed by atoms with Crippen LogP contribution in [0.25, 0.3) is 10.4 Å². The second-order valence-electron chi connectivity index (χ2n) is 4.01. The summed E-state index contributed by atoms with van der Waals surface area (Å²) in [4.78, 5) is 13.2. The summed E-state index contributed by atoms with van der Waals surface area (Å²) in [6.07, 6.45) is 0.779. The largest absolute Gasteiger partial charge is 0.465 e. The van der Waals surface area contributed by atoms with E-state index in [0.717, 1.165) is 26.9 Å². The van der Waals surface area contributed by atoms with Crippen molar-refractivity contribution < 1.29 is 9.53 Å². The zero-order chi connectivity index (χ0) is 14.0. The Morgan fingerprint density at radius 3 is 2.79 bits per heavy atom. The molecule has 0 aliphatic rings. The van der Waals surface area contributed by atoms with Gasteiger partial charge in [-0.25, -0.2) is 4.79 Å². The molecule has 0 atom stereocenters. The first-order valence-electron chi connectivity index (χ1n) is 5.83. The highest BCUT2D eigenvalue weighted by molar-refractivity contribution is 9.10. The molecule has 5 heteroatoms. The second kappa shape index (κ2) is 5.75. The Balaban J connectivity index is 2.60. The highest BCUT2D eigenvalue weighted by atomic mass is 79.9. The maximum Gasteiger partial charge on any atom is 0.350 e. The fourth-order valence-corrected chi connectivity index (χ4v) is 3.56. The Bertz CT molecular complexity index is 622. The predicted molar refractivity (Wildman–Crippen MR) is 82.6 cm³/mol. The van der Waals surface area contributed by atoms with Crippen molar-refractivity contribution in [3.63, 3.8) is 0 Å². The maximum atomic E-state index is 11.7. The molecular formula is C14H14BrNO2S. The molecule has 2 N–H and O–H groups in total. The molecular weight excluding hydrogens is 326 g/mol. The monoisotopic (exact) mass is 339 g/mol. The minimum Gasteiger partial charge on any atom is -0.465 e. The molecule has 0 saturated carbocycles. The van der Waals surface area contributed by atoms with Gasteiger partial charge in [0, 0.05) is 9.35 Å². The van der Waals surface area contributed by atoms with Gasteiger partial charge >= 0.3 is 5.97 Å². The van der Waals surface area contributed by atoms with Crippen LogP contribution in [0.1, 0.15) is 22.2 Å². The molecule has 0 saturated heterocycles. The number of anilines is 1. The van der Waals surface area contributed by atoms with E-state index >= 15 is 0 Å². The van der Waals surface area contributed by atoms with Gasteiger partial charge < -0.3 is 10.5 Å². The van der Waals surface area contributed by atoms with E-state index < -0.39 is 0 Å². The molecule has 3 nitrogen and oxygen atoms in total. The van der Waals surface area contributed by atoms with Crippen LogP contribution in [-0.2, 0) is 11.2 Å². The fourth-order valence-electron chi connectivity index (χ4n) is 1.94. The summed E-state index contributed by atoms with van der Waals surface area (Å²) < 4.78 is 5.77. The molecule has 19 heavy (non-hydrogen) atoms. The number of ether oxygens (including phenoxy) is 1. The van der Waals surface area contributed by atoms with E-state index in [2.05, 4.69) is 15.9 Å². The zero-order valence-corrected chi connectivity index (χ0v) is 13.1. The summed E-state index contributed by atoms with van der Waals surface area (Å²) in [5, 5.41) is 0. The molecule has 1 heterocycles. The number of nitrogens with two attached hydrogens (primary N) is 1. The highest BCUT2D eigenvalue weighted by Crippen LogP contribution is 2.39. The van der Waals surface area contributed by atoms with Gasteiger partial charge in [0.15, 0.2) is 0 Å². The lowest BCUT2D eigenvalue weighted by Gasteiger charge is -2.03. The van der Waals surface area contributed by atoms with E-state index in [4.69, 9.17) is 10.5 Å². The van der Waals surface area contributed by atoms with Gasteiger partial charge in [0.1, 0.15) is 4.88 Å². The number of thiophene rings is 1. The van der Waals surface area contributed by atoms with E-state index in [1.165, 1.54) is 18.4 Å². The summed E-state index contributed by atoms with van der Waals surface area (Å²) in [5.74, 6) is -0.376. The molecule has 0 aliphatic carbocycles. The van der Waals surface area contributed by atoms with Crippen LogP contribution in [-0.4, -0.2) is 13.1 Å². The number of nitrogen functional groups attached to an aromatic ring is 1. The van der Waals surface area contributed by atoms with E-state index in [9.17, 15) is 4.79 Å². The number of halogens is 1. The lowest BCUT2D eigenvalue weighted by molar-refractivity contribution is 0.0607. The Kier molecular flexibility index (Phi) is 4.27. The number of esters is 1. The molecule has 100 valence electrons. The van der Waals surface area contributed by atoms with Gasteiger partial charge in [-0.15, -0.1) is 11.3 Å². The number of hydrogen-bond acceptors (Lipinski definition) is 4. The van der Waals surface area contributed by atoms with Crippen LogP contribution in [0.3, 0.4) is 0 Å². The van der Waals surface area contributed by atoms with E-state index in [0.29, 0.717) is 10.6 Å². The van der Waals surface area contributed by atoms with Crippen molar-refractivity contribution in [3.05, 3.63) is 39.2 Å². The first-order chi connectivity index (χ1) is 9.08. The molecule has 0 bridgehead atoms. The van der Waals surface area contributed by atoms with E-state index in [1.807, 2.05) is 31.2 Å². The average molecular weight is 340 g/mol. The van der Waals surface area contributed by atoms with Crippen LogP contribution in [0.4, 0.5) is 5.69 Å². The number of hydrogen-bond donors (Lipinski definition) is 1. The lowest BCUT2D eigenvalue weighted by atomic mass is 10.1. The summed E-state index contributed by atoms with van der Waals surface area (Å²) in [6.45, 7) is 2.03. The lowest BCUT2D eigenvalue weighted by Crippen LogP contribution is -2.02. The average Bonchev–Trinajstić information content (AvgIpc) is 2.75. The standard InChI is InChI=1S/C14H14BrNO2S/c1-3-10-11(16)13(14(17)18-2)19-12(10)8-5-4-6-9(15)7-8/h4-7H,3,16H2,1-2H3. The quantitative estimate of drug-likeness (QED) is 0.856. The zero-order valence-electron chi connectivity index (χ0n) is 10.7. The molecule has 1 aromatic heterocycles. The minimum atomic E-state index is -0.376. The first kappa shape index (κ1) is 14.1. The second-order valence-corrected chi connectivity index (χ2v) is 5.94. The topological polar surface area (TPSA) is 52.3 Å². The maximum absolute atomic E-state index is 11.7. The molecule has 0 radical (unpaired) electrons. The fraction of sp³-hybridized carbons (Fsp3) is 0.214. The number of benzene rings is 1. The van der Waals surface area contributed by atoms with Gasteiger partial charge in [-0.2, -0.15) is 0 Å². The summed E-state index contributed by atoms with van der Waals surface area (Å²) in [6, 6.07) is 7.96. The number of methoxy groups -OCH3 is 1. The van der Waals surface area contributed by atoms with Gasteiger partial charge in [-0.1, -0.05) is 35.0 Å². The third kappa shape index (κ3) is 2.67. The number of rotatable bonds is 3. The van der Waals surface area contributed by atoms with E-state index in [1.54, 1.807) is 0 Å². The third-order valence-electron chi connectivity index (χ3n) is 2.86. The van der Waals surface area contributed by atoms with Crippen LogP contribution in [0, 0.1) is 0 Å². The molecule has 0 unspecified atom stereocenters. The summed E-state index contributed by atoms with van der Waals surface area (Å²) in [5.41, 5.74) is 8.66. The van der Waals surface area contributed by atoms with Crippen molar-refractivity contribution in [2.24, 2.45) is 0 Å². The molecule has 2 aromatic rings. The van der Waals surface area contributed by atoms with Crippen molar-refractivity contribution in [2.75, 3.05) is 12.8 Å². The van der Waals surface area contributed by atoms with Gasteiger partial charge in [-0.05, 0) is 29.7 Å². The Morgan fingerprint density at radius 2 is 2.21 bits per heavy atom. The van der Waals surface area contributed by atoms with E-state index in [-0.39, 0.29) is 5.97 Å².